The molecule has 6 N–H and O–H groups in total. The lowest BCUT2D eigenvalue weighted by atomic mass is 9.91. The van der Waals surface area contributed by atoms with Crippen LogP contribution in [0.2, 0.25) is 0 Å². The van der Waals surface area contributed by atoms with Gasteiger partial charge in [0.15, 0.2) is 0 Å². The van der Waals surface area contributed by atoms with E-state index in [0.717, 1.165) is 43.4 Å². The van der Waals surface area contributed by atoms with Crippen molar-refractivity contribution in [1.29, 1.82) is 0 Å². The first-order valence-electron chi connectivity index (χ1n) is 10.7. The second kappa shape index (κ2) is 9.57. The van der Waals surface area contributed by atoms with Gasteiger partial charge in [0.1, 0.15) is 11.4 Å². The summed E-state index contributed by atoms with van der Waals surface area (Å²) in [5.41, 5.74) is 15.2. The summed E-state index contributed by atoms with van der Waals surface area (Å²) in [7, 11) is 0. The second-order valence-corrected chi connectivity index (χ2v) is 8.01. The highest BCUT2D eigenvalue weighted by atomic mass is 16.1. The fourth-order valence-corrected chi connectivity index (χ4v) is 3.96. The van der Waals surface area contributed by atoms with Crippen LogP contribution in [-0.2, 0) is 6.42 Å². The van der Waals surface area contributed by atoms with Crippen molar-refractivity contribution >= 4 is 23.4 Å². The molecule has 31 heavy (non-hydrogen) atoms. The van der Waals surface area contributed by atoms with Gasteiger partial charge in [0, 0.05) is 24.0 Å². The molecule has 160 valence electrons. The van der Waals surface area contributed by atoms with Crippen LogP contribution in [0.4, 0.5) is 17.5 Å². The monoisotopic (exact) mass is 416 g/mol. The van der Waals surface area contributed by atoms with Gasteiger partial charge in [-0.25, -0.2) is 4.98 Å². The Kier molecular flexibility index (Phi) is 6.43. The number of primary amides is 1. The van der Waals surface area contributed by atoms with Crippen molar-refractivity contribution in [3.63, 3.8) is 0 Å². The maximum atomic E-state index is 11.9. The van der Waals surface area contributed by atoms with Gasteiger partial charge in [0.25, 0.3) is 5.91 Å². The Hall–Kier alpha value is -3.45. The molecule has 4 rings (SSSR count). The fraction of sp³-hybridized carbons (Fsp3) is 0.292. The first-order valence-corrected chi connectivity index (χ1v) is 10.7. The fourth-order valence-electron chi connectivity index (χ4n) is 3.96. The van der Waals surface area contributed by atoms with Crippen molar-refractivity contribution in [2.45, 2.75) is 44.2 Å². The molecule has 2 aromatic carbocycles. The summed E-state index contributed by atoms with van der Waals surface area (Å²) in [6.07, 6.45) is 6.51. The van der Waals surface area contributed by atoms with Gasteiger partial charge in [0.05, 0.1) is 0 Å². The molecule has 0 aliphatic heterocycles. The number of nitrogens with one attached hydrogen (secondary N) is 2. The maximum absolute atomic E-state index is 11.9. The van der Waals surface area contributed by atoms with E-state index in [-0.39, 0.29) is 17.6 Å². The third-order valence-corrected chi connectivity index (χ3v) is 5.63. The molecule has 1 saturated carbocycles. The number of carbonyl (C=O) groups excluding carboxylic acids is 1. The van der Waals surface area contributed by atoms with Crippen LogP contribution in [0.1, 0.15) is 47.2 Å². The standard InChI is InChI=1S/C24H28N6O/c25-20-11-4-5-12-21(20)29-24-27-15-19(22(26)31)23(30-24)28-18-10-6-9-17(14-18)13-16-7-2-1-3-8-16/h1-3,6-10,14-15,20-21H,4-5,11-13,25H2,(H2,26,31)(H2,27,28,29,30). The van der Waals surface area contributed by atoms with Crippen molar-refractivity contribution in [2.24, 2.45) is 11.5 Å². The molecule has 0 radical (unpaired) electrons. The molecule has 1 heterocycles. The summed E-state index contributed by atoms with van der Waals surface area (Å²) in [6, 6.07) is 18.5. The number of aromatic nitrogens is 2. The lowest BCUT2D eigenvalue weighted by molar-refractivity contribution is 0.100. The number of hydrogen-bond donors (Lipinski definition) is 4. The van der Waals surface area contributed by atoms with E-state index >= 15 is 0 Å². The molecule has 2 unspecified atom stereocenters. The van der Waals surface area contributed by atoms with Crippen LogP contribution < -0.4 is 22.1 Å². The van der Waals surface area contributed by atoms with Gasteiger partial charge in [-0.1, -0.05) is 55.3 Å². The Morgan fingerprint density at radius 2 is 1.81 bits per heavy atom. The molecule has 1 aliphatic rings. The predicted octanol–water partition coefficient (Wildman–Crippen LogP) is 3.59. The largest absolute Gasteiger partial charge is 0.365 e. The number of benzene rings is 2. The number of nitrogens with two attached hydrogens (primary N) is 2. The normalized spacial score (nSPS) is 18.4. The van der Waals surface area contributed by atoms with Gasteiger partial charge in [-0.2, -0.15) is 4.98 Å². The van der Waals surface area contributed by atoms with E-state index in [0.29, 0.717) is 11.8 Å². The summed E-state index contributed by atoms with van der Waals surface area (Å²) in [4.78, 5) is 20.8. The molecule has 1 aliphatic carbocycles. The van der Waals surface area contributed by atoms with Crippen molar-refractivity contribution in [1.82, 2.24) is 9.97 Å². The van der Waals surface area contributed by atoms with Crippen molar-refractivity contribution in [3.8, 4) is 0 Å². The molecule has 0 spiro atoms. The molecular formula is C24H28N6O. The van der Waals surface area contributed by atoms with E-state index in [1.165, 1.54) is 11.8 Å². The van der Waals surface area contributed by atoms with Gasteiger partial charge < -0.3 is 22.1 Å². The summed E-state index contributed by atoms with van der Waals surface area (Å²) in [6.45, 7) is 0. The van der Waals surface area contributed by atoms with E-state index in [1.54, 1.807) is 0 Å². The summed E-state index contributed by atoms with van der Waals surface area (Å²) in [5, 5.41) is 6.57. The quantitative estimate of drug-likeness (QED) is 0.467. The van der Waals surface area contributed by atoms with E-state index in [9.17, 15) is 4.79 Å². The molecule has 2 atom stereocenters. The molecule has 7 heteroatoms. The zero-order valence-corrected chi connectivity index (χ0v) is 17.4. The number of nitrogens with zero attached hydrogens (tertiary/aromatic N) is 2. The minimum Gasteiger partial charge on any atom is -0.365 e. The van der Waals surface area contributed by atoms with Gasteiger partial charge in [-0.3, -0.25) is 4.79 Å². The highest BCUT2D eigenvalue weighted by Gasteiger charge is 2.23. The lowest BCUT2D eigenvalue weighted by Gasteiger charge is -2.29. The van der Waals surface area contributed by atoms with Crippen LogP contribution in [0.5, 0.6) is 0 Å². The molecular weight excluding hydrogens is 388 g/mol. The van der Waals surface area contributed by atoms with Gasteiger partial charge in [-0.15, -0.1) is 0 Å². The van der Waals surface area contributed by atoms with Crippen LogP contribution in [0, 0.1) is 0 Å². The van der Waals surface area contributed by atoms with Crippen LogP contribution in [0.15, 0.2) is 60.8 Å². The third-order valence-electron chi connectivity index (χ3n) is 5.63. The minimum absolute atomic E-state index is 0.0687. The number of hydrogen-bond acceptors (Lipinski definition) is 6. The first kappa shape index (κ1) is 20.8. The maximum Gasteiger partial charge on any atom is 0.254 e. The van der Waals surface area contributed by atoms with Crippen LogP contribution >= 0.6 is 0 Å². The topological polar surface area (TPSA) is 119 Å². The van der Waals surface area contributed by atoms with E-state index in [4.69, 9.17) is 11.5 Å². The molecule has 1 amide bonds. The molecule has 1 fully saturated rings. The van der Waals surface area contributed by atoms with Crippen molar-refractivity contribution < 1.29 is 4.79 Å². The summed E-state index contributed by atoms with van der Waals surface area (Å²) < 4.78 is 0. The summed E-state index contributed by atoms with van der Waals surface area (Å²) >= 11 is 0. The highest BCUT2D eigenvalue weighted by molar-refractivity contribution is 5.98. The Bertz CT molecular complexity index is 1040. The average molecular weight is 417 g/mol. The molecule has 0 saturated heterocycles. The zero-order valence-electron chi connectivity index (χ0n) is 17.4. The summed E-state index contributed by atoms with van der Waals surface area (Å²) in [5.74, 6) is 0.241. The van der Waals surface area contributed by atoms with Gasteiger partial charge >= 0.3 is 0 Å². The highest BCUT2D eigenvalue weighted by Crippen LogP contribution is 2.24. The number of amides is 1. The smallest absolute Gasteiger partial charge is 0.254 e. The Morgan fingerprint density at radius 3 is 2.58 bits per heavy atom. The van der Waals surface area contributed by atoms with E-state index in [2.05, 4.69) is 38.8 Å². The van der Waals surface area contributed by atoms with E-state index in [1.807, 2.05) is 36.4 Å². The predicted molar refractivity (Wildman–Crippen MR) is 123 cm³/mol. The molecule has 1 aromatic heterocycles. The Morgan fingerprint density at radius 1 is 1.03 bits per heavy atom. The first-order chi connectivity index (χ1) is 15.1. The van der Waals surface area contributed by atoms with Crippen LogP contribution in [-0.4, -0.2) is 28.0 Å². The third kappa shape index (κ3) is 5.38. The lowest BCUT2D eigenvalue weighted by Crippen LogP contribution is -2.43. The molecule has 7 nitrogen and oxygen atoms in total. The average Bonchev–Trinajstić information content (AvgIpc) is 2.76. The zero-order chi connectivity index (χ0) is 21.6. The Labute approximate surface area is 182 Å². The number of rotatable bonds is 7. The minimum atomic E-state index is -0.580. The van der Waals surface area contributed by atoms with E-state index < -0.39 is 5.91 Å². The van der Waals surface area contributed by atoms with Crippen molar-refractivity contribution in [2.75, 3.05) is 10.6 Å². The Balaban J connectivity index is 1.55. The number of carbonyl (C=O) groups is 1. The van der Waals surface area contributed by atoms with Crippen LogP contribution in [0.3, 0.4) is 0 Å². The molecule has 3 aromatic rings. The van der Waals surface area contributed by atoms with Crippen LogP contribution in [0.25, 0.3) is 0 Å². The SMILES string of the molecule is NC(=O)c1cnc(NC2CCCCC2N)nc1Nc1cccc(Cc2ccccc2)c1. The van der Waals surface area contributed by atoms with Crippen molar-refractivity contribution in [3.05, 3.63) is 77.5 Å². The van der Waals surface area contributed by atoms with Gasteiger partial charge in [-0.05, 0) is 42.5 Å². The second-order valence-electron chi connectivity index (χ2n) is 8.01. The number of anilines is 3. The van der Waals surface area contributed by atoms with Gasteiger partial charge in [0.2, 0.25) is 5.95 Å². The molecule has 0 bridgehead atoms.